The zero-order valence-corrected chi connectivity index (χ0v) is 16.7. The Hall–Kier alpha value is -0.950. The Balaban J connectivity index is 0.00000392. The van der Waals surface area contributed by atoms with Crippen LogP contribution in [0.2, 0.25) is 0 Å². The Kier molecular flexibility index (Phi) is 7.22. The summed E-state index contributed by atoms with van der Waals surface area (Å²) in [4.78, 5) is -0.838. The fourth-order valence-electron chi connectivity index (χ4n) is 2.45. The summed E-state index contributed by atoms with van der Waals surface area (Å²) in [5.74, 6) is -18.3. The maximum atomic E-state index is 13.9. The van der Waals surface area contributed by atoms with Gasteiger partial charge in [0.15, 0.2) is 0 Å². The quantitative estimate of drug-likeness (QED) is 0.385. The first kappa shape index (κ1) is 25.1. The molecule has 3 nitrogen and oxygen atoms in total. The number of fused-ring (bicyclic) bond motifs is 1. The van der Waals surface area contributed by atoms with Crippen LogP contribution in [0.5, 0.6) is 0 Å². The van der Waals surface area contributed by atoms with Gasteiger partial charge in [0.1, 0.15) is 10.1 Å². The van der Waals surface area contributed by atoms with Gasteiger partial charge in [-0.05, 0) is 22.4 Å². The molecule has 0 unspecified atom stereocenters. The summed E-state index contributed by atoms with van der Waals surface area (Å²) in [6.07, 6.45) is -7.13. The predicted octanol–water partition coefficient (Wildman–Crippen LogP) is 1.46. The van der Waals surface area contributed by atoms with Gasteiger partial charge in [-0.25, -0.2) is 17.2 Å². The van der Waals surface area contributed by atoms with Crippen LogP contribution in [0, 0.1) is 0 Å². The third-order valence-electron chi connectivity index (χ3n) is 3.81. The first-order chi connectivity index (χ1) is 12.1. The van der Waals surface area contributed by atoms with E-state index >= 15 is 0 Å². The second kappa shape index (κ2) is 8.05. The fraction of sp³-hybridized carbons (Fsp3) is 0.333. The summed E-state index contributed by atoms with van der Waals surface area (Å²) in [6, 6.07) is 5.55. The molecule has 150 valence electrons. The van der Waals surface area contributed by atoms with E-state index in [0.29, 0.717) is 0 Å². The van der Waals surface area contributed by atoms with E-state index in [1.807, 2.05) is 0 Å². The van der Waals surface area contributed by atoms with E-state index in [0.717, 1.165) is 36.4 Å². The number of hydrogen-bond acceptors (Lipinski definition) is 3. The van der Waals surface area contributed by atoms with Crippen molar-refractivity contribution < 1.29 is 77.7 Å². The number of alkyl halides is 8. The Labute approximate surface area is 175 Å². The van der Waals surface area contributed by atoms with Crippen LogP contribution in [-0.2, 0) is 16.5 Å². The maximum absolute atomic E-state index is 13.9. The average Bonchev–Trinajstić information content (AvgIpc) is 2.52. The minimum Gasteiger partial charge on any atom is -0.744 e. The molecule has 2 aromatic rings. The van der Waals surface area contributed by atoms with Crippen LogP contribution >= 0.6 is 0 Å². The molecule has 0 saturated heterocycles. The maximum Gasteiger partial charge on any atom is 1.00 e. The normalized spacial score (nSPS) is 13.6. The SMILES string of the molecule is O=S(=O)([O-])c1cccc2c(CC(F)(F)C(F)(F)C(F)(F)C(F)F)cccc12.[Na+]. The van der Waals surface area contributed by atoms with E-state index in [1.165, 1.54) is 0 Å². The summed E-state index contributed by atoms with van der Waals surface area (Å²) in [5.41, 5.74) is -0.729. The molecule has 13 heteroatoms. The Bertz CT molecular complexity index is 963. The van der Waals surface area contributed by atoms with Gasteiger partial charge >= 0.3 is 53.8 Å². The Morgan fingerprint density at radius 1 is 0.893 bits per heavy atom. The fourth-order valence-corrected chi connectivity index (χ4v) is 3.14. The minimum absolute atomic E-state index is 0. The first-order valence-corrected chi connectivity index (χ1v) is 8.42. The smallest absolute Gasteiger partial charge is 0.744 e. The van der Waals surface area contributed by atoms with Gasteiger partial charge in [-0.3, -0.25) is 0 Å². The molecule has 0 saturated carbocycles. The molecule has 0 amide bonds. The molecule has 0 fully saturated rings. The zero-order valence-electron chi connectivity index (χ0n) is 13.9. The minimum atomic E-state index is -6.39. The molecule has 0 spiro atoms. The van der Waals surface area contributed by atoms with Crippen LogP contribution in [-0.4, -0.2) is 37.2 Å². The van der Waals surface area contributed by atoms with E-state index in [4.69, 9.17) is 0 Å². The van der Waals surface area contributed by atoms with Crippen LogP contribution < -0.4 is 29.6 Å². The van der Waals surface area contributed by atoms with Crippen LogP contribution in [0.25, 0.3) is 10.8 Å². The topological polar surface area (TPSA) is 57.2 Å². The van der Waals surface area contributed by atoms with Gasteiger partial charge in [0, 0.05) is 6.42 Å². The molecule has 0 aromatic heterocycles. The molecule has 0 aliphatic carbocycles. The summed E-state index contributed by atoms with van der Waals surface area (Å²) in [6.45, 7) is 0. The Morgan fingerprint density at radius 3 is 1.89 bits per heavy atom. The molecular weight excluding hydrogens is 435 g/mol. The molecule has 28 heavy (non-hydrogen) atoms. The van der Waals surface area contributed by atoms with Crippen LogP contribution in [0.15, 0.2) is 41.3 Å². The van der Waals surface area contributed by atoms with Crippen molar-refractivity contribution in [3.8, 4) is 0 Å². The molecule has 0 bridgehead atoms. The van der Waals surface area contributed by atoms with E-state index in [9.17, 15) is 48.1 Å². The van der Waals surface area contributed by atoms with Crippen LogP contribution in [0.3, 0.4) is 0 Å². The van der Waals surface area contributed by atoms with Gasteiger partial charge in [0.2, 0.25) is 0 Å². The van der Waals surface area contributed by atoms with Gasteiger partial charge in [-0.15, -0.1) is 0 Å². The van der Waals surface area contributed by atoms with Gasteiger partial charge in [-0.1, -0.05) is 30.3 Å². The second-order valence-electron chi connectivity index (χ2n) is 5.60. The molecule has 0 atom stereocenters. The van der Waals surface area contributed by atoms with Gasteiger partial charge in [0.05, 0.1) is 4.90 Å². The van der Waals surface area contributed by atoms with Crippen molar-refractivity contribution in [3.63, 3.8) is 0 Å². The summed E-state index contributed by atoms with van der Waals surface area (Å²) < 4.78 is 138. The van der Waals surface area contributed by atoms with Crippen molar-refractivity contribution >= 4 is 20.9 Å². The number of hydrogen-bond donors (Lipinski definition) is 0. The van der Waals surface area contributed by atoms with E-state index in [2.05, 4.69) is 0 Å². The first-order valence-electron chi connectivity index (χ1n) is 7.01. The van der Waals surface area contributed by atoms with E-state index in [-0.39, 0.29) is 29.6 Å². The molecule has 2 rings (SSSR count). The van der Waals surface area contributed by atoms with Gasteiger partial charge in [-0.2, -0.15) is 26.3 Å². The van der Waals surface area contributed by atoms with E-state index in [1.54, 1.807) is 0 Å². The molecule has 0 radical (unpaired) electrons. The summed E-state index contributed by atoms with van der Waals surface area (Å²) in [7, 11) is -5.06. The molecule has 0 heterocycles. The van der Waals surface area contributed by atoms with Crippen molar-refractivity contribution in [2.24, 2.45) is 0 Å². The molecule has 0 aliphatic rings. The van der Waals surface area contributed by atoms with Crippen molar-refractivity contribution in [1.29, 1.82) is 0 Å². The molecule has 0 aliphatic heterocycles. The average molecular weight is 444 g/mol. The summed E-state index contributed by atoms with van der Waals surface area (Å²) in [5, 5.41) is -0.796. The predicted molar refractivity (Wildman–Crippen MR) is 76.5 cm³/mol. The van der Waals surface area contributed by atoms with Crippen molar-refractivity contribution in [2.75, 3.05) is 0 Å². The third kappa shape index (κ3) is 4.30. The van der Waals surface area contributed by atoms with Crippen molar-refractivity contribution in [2.45, 2.75) is 35.5 Å². The largest absolute Gasteiger partial charge is 1.00 e. The monoisotopic (exact) mass is 444 g/mol. The van der Waals surface area contributed by atoms with Crippen LogP contribution in [0.1, 0.15) is 5.56 Å². The van der Waals surface area contributed by atoms with Crippen molar-refractivity contribution in [3.05, 3.63) is 42.0 Å². The van der Waals surface area contributed by atoms with Crippen LogP contribution in [0.4, 0.5) is 35.1 Å². The number of benzene rings is 2. The molecule has 0 N–H and O–H groups in total. The molecular formula is C15H9F8NaO3S. The molecule has 2 aromatic carbocycles. The second-order valence-corrected chi connectivity index (χ2v) is 6.95. The Morgan fingerprint density at radius 2 is 1.39 bits per heavy atom. The number of rotatable bonds is 6. The standard InChI is InChI=1S/C15H10F8O3S.Na/c16-12(17)14(20,21)15(22,23)13(18,19)7-8-3-1-5-10-9(8)4-2-6-11(10)27(24,25)26;/h1-6,12H,7H2,(H,24,25,26);/q;+1/p-1. The third-order valence-corrected chi connectivity index (χ3v) is 4.70. The summed E-state index contributed by atoms with van der Waals surface area (Å²) >= 11 is 0. The van der Waals surface area contributed by atoms with Gasteiger partial charge in [0.25, 0.3) is 0 Å². The zero-order chi connectivity index (χ0) is 20.8. The van der Waals surface area contributed by atoms with Gasteiger partial charge < -0.3 is 4.55 Å². The number of halogens is 8. The van der Waals surface area contributed by atoms with E-state index < -0.39 is 62.0 Å². The van der Waals surface area contributed by atoms with Crippen molar-refractivity contribution in [1.82, 2.24) is 0 Å².